The molecule has 142 valence electrons. The number of Topliss-reactive ketones (excluding diaryl/α,β-unsaturated/α-hetero) is 1. The van der Waals surface area contributed by atoms with E-state index in [2.05, 4.69) is 0 Å². The fourth-order valence-corrected chi connectivity index (χ4v) is 2.81. The molecule has 0 aliphatic heterocycles. The number of halogens is 3. The molecule has 0 N–H and O–H groups in total. The third-order valence-corrected chi connectivity index (χ3v) is 4.02. The second-order valence-electron chi connectivity index (χ2n) is 7.12. The van der Waals surface area contributed by atoms with Crippen LogP contribution in [-0.2, 0) is 17.4 Å². The molecule has 0 fully saturated rings. The molecule has 1 rings (SSSR count). The van der Waals surface area contributed by atoms with Gasteiger partial charge in [-0.05, 0) is 58.3 Å². The van der Waals surface area contributed by atoms with Crippen molar-refractivity contribution in [1.82, 2.24) is 9.47 Å². The highest BCUT2D eigenvalue weighted by molar-refractivity contribution is 5.80. The van der Waals surface area contributed by atoms with Gasteiger partial charge < -0.3 is 9.47 Å². The van der Waals surface area contributed by atoms with Gasteiger partial charge in [0, 0.05) is 12.3 Å². The van der Waals surface area contributed by atoms with Crippen LogP contribution in [-0.4, -0.2) is 35.9 Å². The average molecular weight is 360 g/mol. The molecule has 25 heavy (non-hydrogen) atoms. The standard InChI is InChI=1S/C18H27F3N2O2/c1-12(2)9-16(13(3)24)23-11-14(7-6-8-22(4)5)15(10-17(23)25)18(19,20)21/h10-12,16H,6-9H2,1-5H3. The number of ketones is 1. The van der Waals surface area contributed by atoms with Crippen LogP contribution >= 0.6 is 0 Å². The second kappa shape index (κ2) is 8.65. The smallest absolute Gasteiger partial charge is 0.309 e. The summed E-state index contributed by atoms with van der Waals surface area (Å²) in [5.74, 6) is -0.0879. The monoisotopic (exact) mass is 360 g/mol. The highest BCUT2D eigenvalue weighted by Crippen LogP contribution is 2.32. The highest BCUT2D eigenvalue weighted by atomic mass is 19.4. The van der Waals surface area contributed by atoms with Crippen LogP contribution in [0.2, 0.25) is 0 Å². The summed E-state index contributed by atoms with van der Waals surface area (Å²) in [6.45, 7) is 5.81. The Morgan fingerprint density at radius 3 is 2.32 bits per heavy atom. The zero-order valence-electron chi connectivity index (χ0n) is 15.5. The predicted molar refractivity (Wildman–Crippen MR) is 91.8 cm³/mol. The first-order chi connectivity index (χ1) is 11.4. The van der Waals surface area contributed by atoms with E-state index in [9.17, 15) is 22.8 Å². The van der Waals surface area contributed by atoms with Gasteiger partial charge in [-0.1, -0.05) is 13.8 Å². The predicted octanol–water partition coefficient (Wildman–Crippen LogP) is 3.54. The summed E-state index contributed by atoms with van der Waals surface area (Å²) in [7, 11) is 3.69. The van der Waals surface area contributed by atoms with Gasteiger partial charge in [0.15, 0.2) is 5.78 Å². The third kappa shape index (κ3) is 6.30. The number of carbonyl (C=O) groups is 1. The number of carbonyl (C=O) groups excluding carboxylic acids is 1. The van der Waals surface area contributed by atoms with Crippen LogP contribution in [0.15, 0.2) is 17.1 Å². The number of pyridine rings is 1. The van der Waals surface area contributed by atoms with Crippen LogP contribution < -0.4 is 5.56 Å². The van der Waals surface area contributed by atoms with Crippen molar-refractivity contribution >= 4 is 5.78 Å². The zero-order chi connectivity index (χ0) is 19.4. The molecule has 4 nitrogen and oxygen atoms in total. The molecule has 0 aliphatic carbocycles. The van der Waals surface area contributed by atoms with E-state index >= 15 is 0 Å². The van der Waals surface area contributed by atoms with Gasteiger partial charge in [-0.25, -0.2) is 0 Å². The van der Waals surface area contributed by atoms with Crippen molar-refractivity contribution in [2.45, 2.75) is 52.3 Å². The zero-order valence-corrected chi connectivity index (χ0v) is 15.5. The Labute approximate surface area is 146 Å². The summed E-state index contributed by atoms with van der Waals surface area (Å²) in [6.07, 6.45) is -2.22. The van der Waals surface area contributed by atoms with Gasteiger partial charge >= 0.3 is 6.18 Å². The number of aromatic nitrogens is 1. The summed E-state index contributed by atoms with van der Waals surface area (Å²) < 4.78 is 41.0. The van der Waals surface area contributed by atoms with Crippen LogP contribution in [0, 0.1) is 5.92 Å². The molecule has 1 aromatic heterocycles. The van der Waals surface area contributed by atoms with Crippen LogP contribution in [0.4, 0.5) is 13.2 Å². The van der Waals surface area contributed by atoms with E-state index in [0.717, 1.165) is 0 Å². The lowest BCUT2D eigenvalue weighted by Gasteiger charge is -2.22. The van der Waals surface area contributed by atoms with Gasteiger partial charge in [0.05, 0.1) is 11.6 Å². The van der Waals surface area contributed by atoms with Crippen molar-refractivity contribution in [3.8, 4) is 0 Å². The van der Waals surface area contributed by atoms with Crippen LogP contribution in [0.25, 0.3) is 0 Å². The molecule has 1 heterocycles. The molecule has 1 atom stereocenters. The average Bonchev–Trinajstić information content (AvgIpc) is 2.44. The van der Waals surface area contributed by atoms with Crippen molar-refractivity contribution in [2.75, 3.05) is 20.6 Å². The molecular formula is C18H27F3N2O2. The lowest BCUT2D eigenvalue weighted by atomic mass is 9.99. The summed E-state index contributed by atoms with van der Waals surface area (Å²) in [5, 5.41) is 0. The number of hydrogen-bond acceptors (Lipinski definition) is 3. The Kier molecular flexibility index (Phi) is 7.41. The molecule has 0 saturated carbocycles. The van der Waals surface area contributed by atoms with E-state index in [1.807, 2.05) is 32.8 Å². The van der Waals surface area contributed by atoms with Gasteiger partial charge in [0.2, 0.25) is 0 Å². The summed E-state index contributed by atoms with van der Waals surface area (Å²) in [6, 6.07) is -0.108. The van der Waals surface area contributed by atoms with Crippen LogP contribution in [0.5, 0.6) is 0 Å². The number of nitrogens with zero attached hydrogens (tertiary/aromatic N) is 2. The minimum atomic E-state index is -4.59. The largest absolute Gasteiger partial charge is 0.416 e. The summed E-state index contributed by atoms with van der Waals surface area (Å²) >= 11 is 0. The van der Waals surface area contributed by atoms with E-state index in [-0.39, 0.29) is 23.7 Å². The first kappa shape index (κ1) is 21.4. The summed E-state index contributed by atoms with van der Waals surface area (Å²) in [4.78, 5) is 26.1. The lowest BCUT2D eigenvalue weighted by Crippen LogP contribution is -2.31. The Morgan fingerprint density at radius 2 is 1.88 bits per heavy atom. The molecule has 1 unspecified atom stereocenters. The van der Waals surface area contributed by atoms with Gasteiger partial charge in [0.1, 0.15) is 0 Å². The Hall–Kier alpha value is -1.63. The van der Waals surface area contributed by atoms with Crippen molar-refractivity contribution < 1.29 is 18.0 Å². The first-order valence-corrected chi connectivity index (χ1v) is 8.41. The number of alkyl halides is 3. The van der Waals surface area contributed by atoms with Crippen molar-refractivity contribution in [3.63, 3.8) is 0 Å². The molecule has 0 spiro atoms. The molecule has 0 aromatic carbocycles. The maximum atomic E-state index is 13.3. The van der Waals surface area contributed by atoms with E-state index in [1.165, 1.54) is 17.7 Å². The minimum absolute atomic E-state index is 0.0592. The van der Waals surface area contributed by atoms with Gasteiger partial charge in [0.25, 0.3) is 5.56 Å². The second-order valence-corrected chi connectivity index (χ2v) is 7.12. The molecule has 0 radical (unpaired) electrons. The SMILES string of the molecule is CC(=O)C(CC(C)C)n1cc(CCCN(C)C)c(C(F)(F)F)cc1=O. The lowest BCUT2D eigenvalue weighted by molar-refractivity contribution is -0.138. The van der Waals surface area contributed by atoms with Gasteiger partial charge in [-0.2, -0.15) is 13.2 Å². The Bertz CT molecular complexity index is 649. The quantitative estimate of drug-likeness (QED) is 0.712. The van der Waals surface area contributed by atoms with E-state index in [0.29, 0.717) is 25.5 Å². The Balaban J connectivity index is 3.35. The molecule has 0 aliphatic rings. The molecular weight excluding hydrogens is 333 g/mol. The summed E-state index contributed by atoms with van der Waals surface area (Å²) in [5.41, 5.74) is -1.63. The number of rotatable bonds is 8. The maximum Gasteiger partial charge on any atom is 0.416 e. The molecule has 1 aromatic rings. The fourth-order valence-electron chi connectivity index (χ4n) is 2.81. The van der Waals surface area contributed by atoms with E-state index < -0.39 is 23.3 Å². The fraction of sp³-hybridized carbons (Fsp3) is 0.667. The normalized spacial score (nSPS) is 13.5. The maximum absolute atomic E-state index is 13.3. The topological polar surface area (TPSA) is 42.3 Å². The molecule has 0 bridgehead atoms. The first-order valence-electron chi connectivity index (χ1n) is 8.41. The van der Waals surface area contributed by atoms with E-state index in [4.69, 9.17) is 0 Å². The van der Waals surface area contributed by atoms with Gasteiger partial charge in [-0.3, -0.25) is 9.59 Å². The van der Waals surface area contributed by atoms with Crippen molar-refractivity contribution in [3.05, 3.63) is 33.7 Å². The third-order valence-electron chi connectivity index (χ3n) is 4.02. The van der Waals surface area contributed by atoms with E-state index in [1.54, 1.807) is 0 Å². The number of hydrogen-bond donors (Lipinski definition) is 0. The van der Waals surface area contributed by atoms with Crippen LogP contribution in [0.1, 0.15) is 50.8 Å². The van der Waals surface area contributed by atoms with Gasteiger partial charge in [-0.15, -0.1) is 0 Å². The van der Waals surface area contributed by atoms with Crippen LogP contribution in [0.3, 0.4) is 0 Å². The number of aryl methyl sites for hydroxylation is 1. The Morgan fingerprint density at radius 1 is 1.28 bits per heavy atom. The molecule has 0 saturated heterocycles. The highest BCUT2D eigenvalue weighted by Gasteiger charge is 2.34. The van der Waals surface area contributed by atoms with Crippen molar-refractivity contribution in [2.24, 2.45) is 5.92 Å². The minimum Gasteiger partial charge on any atom is -0.309 e. The van der Waals surface area contributed by atoms with Crippen molar-refractivity contribution in [1.29, 1.82) is 0 Å². The molecule has 7 heteroatoms. The molecule has 0 amide bonds.